The highest BCUT2D eigenvalue weighted by molar-refractivity contribution is 5.77. The molecule has 4 nitrogen and oxygen atoms in total. The Kier molecular flexibility index (Phi) is 5.83. The molecule has 0 amide bonds. The van der Waals surface area contributed by atoms with Crippen LogP contribution in [0.1, 0.15) is 40.5 Å². The lowest BCUT2D eigenvalue weighted by Gasteiger charge is -2.21. The van der Waals surface area contributed by atoms with E-state index in [2.05, 4.69) is 0 Å². The molecule has 0 rings (SSSR count). The van der Waals surface area contributed by atoms with Crippen molar-refractivity contribution in [1.29, 1.82) is 0 Å². The molecule has 0 saturated carbocycles. The molecule has 90 valence electrons. The van der Waals surface area contributed by atoms with Crippen LogP contribution in [-0.4, -0.2) is 28.6 Å². The van der Waals surface area contributed by atoms with Crippen molar-refractivity contribution in [3.63, 3.8) is 0 Å². The summed E-state index contributed by atoms with van der Waals surface area (Å²) in [5.41, 5.74) is 0. The van der Waals surface area contributed by atoms with E-state index in [1.165, 1.54) is 0 Å². The van der Waals surface area contributed by atoms with Gasteiger partial charge in [-0.15, -0.1) is 0 Å². The fourth-order valence-corrected chi connectivity index (χ4v) is 0.950. The van der Waals surface area contributed by atoms with Crippen LogP contribution < -0.4 is 0 Å². The zero-order valence-corrected chi connectivity index (χ0v) is 9.99. The Morgan fingerprint density at radius 2 is 1.73 bits per heavy atom. The summed E-state index contributed by atoms with van der Waals surface area (Å²) in [6.45, 7) is 7.89. The molecule has 15 heavy (non-hydrogen) atoms. The lowest BCUT2D eigenvalue weighted by atomic mass is 10.0. The van der Waals surface area contributed by atoms with Crippen molar-refractivity contribution in [2.24, 2.45) is 11.8 Å². The first-order chi connectivity index (χ1) is 6.75. The monoisotopic (exact) mass is 218 g/mol. The third-order valence-corrected chi connectivity index (χ3v) is 1.94. The van der Waals surface area contributed by atoms with Crippen LogP contribution in [0.25, 0.3) is 0 Å². The standard InChI is InChI=1S/C11H22O4/c1-8(2)5-6-11(13,14)10(12)15-7-9(3)4/h8-9,13-14H,5-7H2,1-4H3. The zero-order valence-electron chi connectivity index (χ0n) is 9.99. The number of rotatable bonds is 6. The molecule has 2 N–H and O–H groups in total. The zero-order chi connectivity index (χ0) is 12.1. The fourth-order valence-electron chi connectivity index (χ4n) is 0.950. The van der Waals surface area contributed by atoms with Gasteiger partial charge in [-0.05, 0) is 18.3 Å². The molecule has 0 bridgehead atoms. The van der Waals surface area contributed by atoms with Gasteiger partial charge in [0, 0.05) is 6.42 Å². The molecule has 0 aliphatic heterocycles. The lowest BCUT2D eigenvalue weighted by molar-refractivity contribution is -0.213. The first-order valence-electron chi connectivity index (χ1n) is 5.37. The highest BCUT2D eigenvalue weighted by atomic mass is 16.6. The van der Waals surface area contributed by atoms with Gasteiger partial charge in [-0.2, -0.15) is 0 Å². The second-order valence-electron chi connectivity index (χ2n) is 4.74. The number of hydrogen-bond donors (Lipinski definition) is 2. The normalized spacial score (nSPS) is 12.3. The number of ether oxygens (including phenoxy) is 1. The van der Waals surface area contributed by atoms with E-state index in [-0.39, 0.29) is 18.9 Å². The molecular formula is C11H22O4. The molecule has 0 aromatic carbocycles. The summed E-state index contributed by atoms with van der Waals surface area (Å²) in [6, 6.07) is 0. The van der Waals surface area contributed by atoms with Crippen LogP contribution in [0.2, 0.25) is 0 Å². The number of carbonyl (C=O) groups excluding carboxylic acids is 1. The minimum Gasteiger partial charge on any atom is -0.461 e. The molecular weight excluding hydrogens is 196 g/mol. The van der Waals surface area contributed by atoms with Gasteiger partial charge in [-0.25, -0.2) is 4.79 Å². The summed E-state index contributed by atoms with van der Waals surface area (Å²) in [5, 5.41) is 18.9. The van der Waals surface area contributed by atoms with Crippen molar-refractivity contribution in [2.45, 2.75) is 46.3 Å². The van der Waals surface area contributed by atoms with Crippen molar-refractivity contribution in [3.05, 3.63) is 0 Å². The maximum atomic E-state index is 11.3. The minimum absolute atomic E-state index is 0.0155. The largest absolute Gasteiger partial charge is 0.461 e. The van der Waals surface area contributed by atoms with Gasteiger partial charge in [0.25, 0.3) is 5.79 Å². The molecule has 0 aromatic heterocycles. The van der Waals surface area contributed by atoms with Gasteiger partial charge in [0.05, 0.1) is 6.61 Å². The highest BCUT2D eigenvalue weighted by Crippen LogP contribution is 2.16. The molecule has 0 fully saturated rings. The van der Waals surface area contributed by atoms with Crippen LogP contribution in [0.5, 0.6) is 0 Å². The summed E-state index contributed by atoms with van der Waals surface area (Å²) in [6.07, 6.45) is 0.589. The first kappa shape index (κ1) is 14.4. The summed E-state index contributed by atoms with van der Waals surface area (Å²) < 4.78 is 4.76. The number of esters is 1. The Bertz CT molecular complexity index is 197. The highest BCUT2D eigenvalue weighted by Gasteiger charge is 2.34. The van der Waals surface area contributed by atoms with Crippen LogP contribution >= 0.6 is 0 Å². The molecule has 0 aromatic rings. The topological polar surface area (TPSA) is 66.8 Å². The smallest absolute Gasteiger partial charge is 0.366 e. The molecule has 0 aliphatic rings. The Labute approximate surface area is 91.3 Å². The summed E-state index contributed by atoms with van der Waals surface area (Å²) in [7, 11) is 0. The van der Waals surface area contributed by atoms with E-state index in [0.717, 1.165) is 0 Å². The SMILES string of the molecule is CC(C)CCC(O)(O)C(=O)OCC(C)C. The number of aliphatic hydroxyl groups is 2. The van der Waals surface area contributed by atoms with Gasteiger partial charge in [0.1, 0.15) is 0 Å². The number of hydrogen-bond acceptors (Lipinski definition) is 4. The quantitative estimate of drug-likeness (QED) is 0.521. The van der Waals surface area contributed by atoms with Crippen molar-refractivity contribution in [2.75, 3.05) is 6.61 Å². The van der Waals surface area contributed by atoms with E-state index in [1.807, 2.05) is 27.7 Å². The lowest BCUT2D eigenvalue weighted by Crippen LogP contribution is -2.40. The second kappa shape index (κ2) is 6.08. The Morgan fingerprint density at radius 1 is 1.20 bits per heavy atom. The van der Waals surface area contributed by atoms with Gasteiger partial charge < -0.3 is 14.9 Å². The van der Waals surface area contributed by atoms with Crippen LogP contribution in [0.4, 0.5) is 0 Å². The summed E-state index contributed by atoms with van der Waals surface area (Å²) in [5.74, 6) is -2.77. The third kappa shape index (κ3) is 6.47. The second-order valence-corrected chi connectivity index (χ2v) is 4.74. The average molecular weight is 218 g/mol. The molecule has 0 heterocycles. The Balaban J connectivity index is 4.02. The van der Waals surface area contributed by atoms with E-state index < -0.39 is 11.8 Å². The van der Waals surface area contributed by atoms with Crippen molar-refractivity contribution < 1.29 is 19.7 Å². The number of carbonyl (C=O) groups is 1. The van der Waals surface area contributed by atoms with Crippen LogP contribution in [-0.2, 0) is 9.53 Å². The average Bonchev–Trinajstić information content (AvgIpc) is 2.11. The van der Waals surface area contributed by atoms with E-state index >= 15 is 0 Å². The predicted octanol–water partition coefficient (Wildman–Crippen LogP) is 1.30. The Morgan fingerprint density at radius 3 is 2.13 bits per heavy atom. The predicted molar refractivity (Wildman–Crippen MR) is 57.0 cm³/mol. The third-order valence-electron chi connectivity index (χ3n) is 1.94. The molecule has 0 radical (unpaired) electrons. The van der Waals surface area contributed by atoms with Crippen LogP contribution in [0, 0.1) is 11.8 Å². The molecule has 0 unspecified atom stereocenters. The van der Waals surface area contributed by atoms with E-state index in [1.54, 1.807) is 0 Å². The van der Waals surface area contributed by atoms with Crippen LogP contribution in [0.3, 0.4) is 0 Å². The summed E-state index contributed by atoms with van der Waals surface area (Å²) >= 11 is 0. The molecule has 4 heteroatoms. The van der Waals surface area contributed by atoms with E-state index in [4.69, 9.17) is 4.74 Å². The maximum absolute atomic E-state index is 11.3. The van der Waals surface area contributed by atoms with E-state index in [9.17, 15) is 15.0 Å². The van der Waals surface area contributed by atoms with Crippen molar-refractivity contribution >= 4 is 5.97 Å². The van der Waals surface area contributed by atoms with Crippen LogP contribution in [0.15, 0.2) is 0 Å². The first-order valence-corrected chi connectivity index (χ1v) is 5.37. The van der Waals surface area contributed by atoms with Crippen molar-refractivity contribution in [3.8, 4) is 0 Å². The van der Waals surface area contributed by atoms with Gasteiger partial charge in [-0.3, -0.25) is 0 Å². The minimum atomic E-state index is -2.33. The summed E-state index contributed by atoms with van der Waals surface area (Å²) in [4.78, 5) is 11.3. The fraction of sp³-hybridized carbons (Fsp3) is 0.909. The van der Waals surface area contributed by atoms with E-state index in [0.29, 0.717) is 12.3 Å². The van der Waals surface area contributed by atoms with Crippen molar-refractivity contribution in [1.82, 2.24) is 0 Å². The van der Waals surface area contributed by atoms with Gasteiger partial charge in [0.2, 0.25) is 0 Å². The molecule has 0 saturated heterocycles. The molecule has 0 spiro atoms. The molecule has 0 atom stereocenters. The van der Waals surface area contributed by atoms with Gasteiger partial charge in [0.15, 0.2) is 0 Å². The Hall–Kier alpha value is -0.610. The molecule has 0 aliphatic carbocycles. The van der Waals surface area contributed by atoms with Gasteiger partial charge >= 0.3 is 5.97 Å². The maximum Gasteiger partial charge on any atom is 0.366 e. The van der Waals surface area contributed by atoms with Gasteiger partial charge in [-0.1, -0.05) is 27.7 Å².